The van der Waals surface area contributed by atoms with Gasteiger partial charge in [-0.2, -0.15) is 0 Å². The maximum Gasteiger partial charge on any atom is 0.119 e. The molecule has 3 nitrogen and oxygen atoms in total. The van der Waals surface area contributed by atoms with Gasteiger partial charge in [0.05, 0.1) is 6.61 Å². The zero-order valence-corrected chi connectivity index (χ0v) is 8.69. The minimum Gasteiger partial charge on any atom is -0.488 e. The van der Waals surface area contributed by atoms with E-state index in [4.69, 9.17) is 15.2 Å². The number of rotatable bonds is 5. The summed E-state index contributed by atoms with van der Waals surface area (Å²) in [7, 11) is 1.66. The van der Waals surface area contributed by atoms with E-state index < -0.39 is 0 Å². The Balaban J connectivity index is 2.50. The number of hydrogen-bond acceptors (Lipinski definition) is 3. The third-order valence-electron chi connectivity index (χ3n) is 1.90. The van der Waals surface area contributed by atoms with Crippen molar-refractivity contribution < 1.29 is 9.47 Å². The normalized spacial score (nSPS) is 12.5. The summed E-state index contributed by atoms with van der Waals surface area (Å²) in [6.07, 6.45) is 0.0729. The summed E-state index contributed by atoms with van der Waals surface area (Å²) in [5, 5.41) is 0. The second-order valence-corrected chi connectivity index (χ2v) is 3.23. The van der Waals surface area contributed by atoms with E-state index in [1.165, 1.54) is 0 Å². The Morgan fingerprint density at radius 1 is 1.29 bits per heavy atom. The Kier molecular flexibility index (Phi) is 4.43. The van der Waals surface area contributed by atoms with Crippen molar-refractivity contribution in [3.8, 4) is 5.75 Å². The molecule has 0 aromatic heterocycles. The smallest absolute Gasteiger partial charge is 0.119 e. The molecular weight excluding hydrogens is 178 g/mol. The van der Waals surface area contributed by atoms with E-state index in [1.54, 1.807) is 7.11 Å². The molecule has 0 radical (unpaired) electrons. The summed E-state index contributed by atoms with van der Waals surface area (Å²) in [6.45, 7) is 3.13. The van der Waals surface area contributed by atoms with Crippen molar-refractivity contribution in [2.24, 2.45) is 5.73 Å². The Morgan fingerprint density at radius 2 is 1.93 bits per heavy atom. The SMILES string of the molecule is COCC(C)Oc1ccc(CN)cc1. The summed E-state index contributed by atoms with van der Waals surface area (Å²) >= 11 is 0. The monoisotopic (exact) mass is 195 g/mol. The molecule has 0 heterocycles. The highest BCUT2D eigenvalue weighted by molar-refractivity contribution is 5.27. The summed E-state index contributed by atoms with van der Waals surface area (Å²) in [4.78, 5) is 0. The molecule has 1 rings (SSSR count). The molecule has 1 aromatic carbocycles. The van der Waals surface area contributed by atoms with Gasteiger partial charge >= 0.3 is 0 Å². The third kappa shape index (κ3) is 3.36. The van der Waals surface area contributed by atoms with Gasteiger partial charge < -0.3 is 15.2 Å². The maximum absolute atomic E-state index is 5.59. The number of nitrogens with two attached hydrogens (primary N) is 1. The molecule has 0 aliphatic heterocycles. The molecule has 14 heavy (non-hydrogen) atoms. The third-order valence-corrected chi connectivity index (χ3v) is 1.90. The van der Waals surface area contributed by atoms with E-state index in [0.29, 0.717) is 13.2 Å². The van der Waals surface area contributed by atoms with E-state index in [1.807, 2.05) is 31.2 Å². The standard InChI is InChI=1S/C11H17NO2/c1-9(8-13-2)14-11-5-3-10(7-12)4-6-11/h3-6,9H,7-8,12H2,1-2H3. The predicted molar refractivity (Wildman–Crippen MR) is 56.3 cm³/mol. The van der Waals surface area contributed by atoms with Gasteiger partial charge in [0.15, 0.2) is 0 Å². The minimum absolute atomic E-state index is 0.0729. The van der Waals surface area contributed by atoms with Gasteiger partial charge in [0, 0.05) is 13.7 Å². The van der Waals surface area contributed by atoms with Gasteiger partial charge in [0.2, 0.25) is 0 Å². The Labute approximate surface area is 84.8 Å². The molecule has 0 saturated heterocycles. The summed E-state index contributed by atoms with van der Waals surface area (Å²) < 4.78 is 10.6. The van der Waals surface area contributed by atoms with Crippen molar-refractivity contribution in [3.05, 3.63) is 29.8 Å². The van der Waals surface area contributed by atoms with Crippen LogP contribution < -0.4 is 10.5 Å². The molecule has 0 saturated carbocycles. The zero-order valence-electron chi connectivity index (χ0n) is 8.69. The van der Waals surface area contributed by atoms with Crippen LogP contribution in [0.3, 0.4) is 0 Å². The van der Waals surface area contributed by atoms with E-state index in [9.17, 15) is 0 Å². The van der Waals surface area contributed by atoms with Crippen LogP contribution in [0.15, 0.2) is 24.3 Å². The second kappa shape index (κ2) is 5.62. The second-order valence-electron chi connectivity index (χ2n) is 3.23. The highest BCUT2D eigenvalue weighted by Crippen LogP contribution is 2.13. The first-order valence-corrected chi connectivity index (χ1v) is 4.71. The lowest BCUT2D eigenvalue weighted by molar-refractivity contribution is 0.0921. The van der Waals surface area contributed by atoms with Crippen LogP contribution in [0, 0.1) is 0 Å². The van der Waals surface area contributed by atoms with Gasteiger partial charge in [0.25, 0.3) is 0 Å². The van der Waals surface area contributed by atoms with Crippen molar-refractivity contribution in [2.75, 3.05) is 13.7 Å². The molecule has 0 aliphatic carbocycles. The van der Waals surface area contributed by atoms with Crippen molar-refractivity contribution in [1.82, 2.24) is 0 Å². The molecule has 3 heteroatoms. The van der Waals surface area contributed by atoms with Gasteiger partial charge in [-0.3, -0.25) is 0 Å². The first-order chi connectivity index (χ1) is 6.76. The molecular formula is C11H17NO2. The molecule has 0 aliphatic rings. The van der Waals surface area contributed by atoms with Gasteiger partial charge in [-0.05, 0) is 24.6 Å². The van der Waals surface area contributed by atoms with Gasteiger partial charge in [-0.15, -0.1) is 0 Å². The van der Waals surface area contributed by atoms with E-state index in [-0.39, 0.29) is 6.10 Å². The molecule has 0 bridgehead atoms. The largest absolute Gasteiger partial charge is 0.488 e. The van der Waals surface area contributed by atoms with E-state index >= 15 is 0 Å². The predicted octanol–water partition coefficient (Wildman–Crippen LogP) is 1.56. The molecule has 0 amide bonds. The van der Waals surface area contributed by atoms with Crippen LogP contribution in [-0.4, -0.2) is 19.8 Å². The number of methoxy groups -OCH3 is 1. The molecule has 1 unspecified atom stereocenters. The van der Waals surface area contributed by atoms with Crippen LogP contribution in [0.1, 0.15) is 12.5 Å². The van der Waals surface area contributed by atoms with Crippen LogP contribution in [0.4, 0.5) is 0 Å². The summed E-state index contributed by atoms with van der Waals surface area (Å²) in [5.74, 6) is 0.853. The molecule has 0 fully saturated rings. The van der Waals surface area contributed by atoms with Crippen molar-refractivity contribution in [2.45, 2.75) is 19.6 Å². The van der Waals surface area contributed by atoms with Crippen LogP contribution in [0.5, 0.6) is 5.75 Å². The molecule has 78 valence electrons. The first kappa shape index (κ1) is 11.0. The van der Waals surface area contributed by atoms with E-state index in [0.717, 1.165) is 11.3 Å². The first-order valence-electron chi connectivity index (χ1n) is 4.71. The molecule has 1 aromatic rings. The highest BCUT2D eigenvalue weighted by atomic mass is 16.5. The average Bonchev–Trinajstić information content (AvgIpc) is 2.19. The quantitative estimate of drug-likeness (QED) is 0.775. The topological polar surface area (TPSA) is 44.5 Å². The Morgan fingerprint density at radius 3 is 2.43 bits per heavy atom. The fraction of sp³-hybridized carbons (Fsp3) is 0.455. The van der Waals surface area contributed by atoms with Gasteiger partial charge in [-0.1, -0.05) is 12.1 Å². The fourth-order valence-corrected chi connectivity index (χ4v) is 1.21. The van der Waals surface area contributed by atoms with Crippen LogP contribution in [-0.2, 0) is 11.3 Å². The Hall–Kier alpha value is -1.06. The summed E-state index contributed by atoms with van der Waals surface area (Å²) in [5.41, 5.74) is 6.60. The van der Waals surface area contributed by atoms with Crippen LogP contribution >= 0.6 is 0 Å². The number of ether oxygens (including phenoxy) is 2. The van der Waals surface area contributed by atoms with E-state index in [2.05, 4.69) is 0 Å². The number of benzene rings is 1. The fourth-order valence-electron chi connectivity index (χ4n) is 1.21. The van der Waals surface area contributed by atoms with Gasteiger partial charge in [0.1, 0.15) is 11.9 Å². The minimum atomic E-state index is 0.0729. The van der Waals surface area contributed by atoms with Crippen molar-refractivity contribution in [1.29, 1.82) is 0 Å². The van der Waals surface area contributed by atoms with Gasteiger partial charge in [-0.25, -0.2) is 0 Å². The average molecular weight is 195 g/mol. The lowest BCUT2D eigenvalue weighted by Gasteiger charge is -2.13. The lowest BCUT2D eigenvalue weighted by atomic mass is 10.2. The maximum atomic E-state index is 5.59. The molecule has 2 N–H and O–H groups in total. The summed E-state index contributed by atoms with van der Waals surface area (Å²) in [6, 6.07) is 7.78. The van der Waals surface area contributed by atoms with Crippen molar-refractivity contribution in [3.63, 3.8) is 0 Å². The lowest BCUT2D eigenvalue weighted by Crippen LogP contribution is -2.17. The molecule has 1 atom stereocenters. The highest BCUT2D eigenvalue weighted by Gasteiger charge is 2.02. The Bertz CT molecular complexity index is 258. The van der Waals surface area contributed by atoms with Crippen molar-refractivity contribution >= 4 is 0 Å². The van der Waals surface area contributed by atoms with Crippen LogP contribution in [0.2, 0.25) is 0 Å². The number of hydrogen-bond donors (Lipinski definition) is 1. The zero-order chi connectivity index (χ0) is 10.4. The molecule has 0 spiro atoms. The van der Waals surface area contributed by atoms with Crippen LogP contribution in [0.25, 0.3) is 0 Å².